The lowest BCUT2D eigenvalue weighted by atomic mass is 10.2. The number of anilines is 1. The Balaban J connectivity index is 1.64. The van der Waals surface area contributed by atoms with Gasteiger partial charge in [-0.15, -0.1) is 0 Å². The minimum absolute atomic E-state index is 0.578. The molecule has 0 bridgehead atoms. The quantitative estimate of drug-likeness (QED) is 0.559. The molecule has 0 amide bonds. The summed E-state index contributed by atoms with van der Waals surface area (Å²) in [6.45, 7) is 0.718. The van der Waals surface area contributed by atoms with Gasteiger partial charge in [-0.25, -0.2) is 15.0 Å². The van der Waals surface area contributed by atoms with Gasteiger partial charge in [-0.2, -0.15) is 0 Å². The Morgan fingerprint density at radius 3 is 2.73 bits per heavy atom. The summed E-state index contributed by atoms with van der Waals surface area (Å²) in [5.41, 5.74) is 3.47. The summed E-state index contributed by atoms with van der Waals surface area (Å²) in [5, 5.41) is 3.35. The molecule has 0 radical (unpaired) electrons. The van der Waals surface area contributed by atoms with Crippen LogP contribution in [0.2, 0.25) is 0 Å². The molecule has 0 fully saturated rings. The molecule has 128 valence electrons. The number of imidazole rings is 1. The molecule has 0 aliphatic rings. The van der Waals surface area contributed by atoms with Crippen LogP contribution in [0, 0.1) is 0 Å². The third-order valence-electron chi connectivity index (χ3n) is 3.82. The molecule has 0 aliphatic heterocycles. The van der Waals surface area contributed by atoms with Gasteiger partial charge in [0.1, 0.15) is 11.5 Å². The number of pyridine rings is 2. The van der Waals surface area contributed by atoms with Gasteiger partial charge in [0.15, 0.2) is 5.82 Å². The van der Waals surface area contributed by atoms with Crippen LogP contribution in [0.25, 0.3) is 22.8 Å². The fourth-order valence-corrected chi connectivity index (χ4v) is 2.56. The number of aromatic nitrogens is 6. The van der Waals surface area contributed by atoms with Crippen LogP contribution in [0.15, 0.2) is 67.5 Å². The van der Waals surface area contributed by atoms with Crippen molar-refractivity contribution < 1.29 is 0 Å². The second-order valence-electron chi connectivity index (χ2n) is 5.66. The summed E-state index contributed by atoms with van der Waals surface area (Å²) >= 11 is 0. The van der Waals surface area contributed by atoms with Crippen LogP contribution in [0.5, 0.6) is 0 Å². The Morgan fingerprint density at radius 1 is 0.962 bits per heavy atom. The maximum Gasteiger partial charge on any atom is 0.180 e. The molecule has 26 heavy (non-hydrogen) atoms. The fraction of sp³-hybridized carbons (Fsp3) is 0.105. The van der Waals surface area contributed by atoms with Crippen LogP contribution in [0.3, 0.4) is 0 Å². The van der Waals surface area contributed by atoms with Crippen LogP contribution in [0.4, 0.5) is 5.82 Å². The lowest BCUT2D eigenvalue weighted by Gasteiger charge is -2.09. The van der Waals surface area contributed by atoms with Crippen LogP contribution in [-0.2, 0) is 6.42 Å². The molecular formula is C19H17N7. The second kappa shape index (κ2) is 7.52. The third kappa shape index (κ3) is 3.72. The molecule has 4 aromatic heterocycles. The van der Waals surface area contributed by atoms with E-state index in [9.17, 15) is 0 Å². The molecular weight excluding hydrogens is 326 g/mol. The Bertz CT molecular complexity index is 896. The van der Waals surface area contributed by atoms with Crippen LogP contribution in [0.1, 0.15) is 5.69 Å². The lowest BCUT2D eigenvalue weighted by Crippen LogP contribution is -2.08. The second-order valence-corrected chi connectivity index (χ2v) is 5.66. The summed E-state index contributed by atoms with van der Waals surface area (Å²) < 4.78 is 0. The zero-order chi connectivity index (χ0) is 17.6. The highest BCUT2D eigenvalue weighted by Gasteiger charge is 2.09. The van der Waals surface area contributed by atoms with Crippen molar-refractivity contribution in [3.8, 4) is 22.8 Å². The normalized spacial score (nSPS) is 10.6. The summed E-state index contributed by atoms with van der Waals surface area (Å²) in [4.78, 5) is 25.0. The van der Waals surface area contributed by atoms with Crippen molar-refractivity contribution in [2.45, 2.75) is 6.42 Å². The van der Waals surface area contributed by atoms with E-state index in [1.165, 1.54) is 0 Å². The van der Waals surface area contributed by atoms with Crippen molar-refractivity contribution in [3.05, 3.63) is 73.2 Å². The van der Waals surface area contributed by atoms with E-state index < -0.39 is 0 Å². The van der Waals surface area contributed by atoms with Crippen molar-refractivity contribution in [2.24, 2.45) is 0 Å². The van der Waals surface area contributed by atoms with Gasteiger partial charge in [-0.3, -0.25) is 9.97 Å². The Morgan fingerprint density at radius 2 is 1.96 bits per heavy atom. The molecule has 0 atom stereocenters. The number of nitrogens with zero attached hydrogens (tertiary/aromatic N) is 5. The number of H-pyrrole nitrogens is 1. The predicted octanol–water partition coefficient (Wildman–Crippen LogP) is 2.98. The van der Waals surface area contributed by atoms with E-state index in [4.69, 9.17) is 0 Å². The Kier molecular flexibility index (Phi) is 4.60. The first-order valence-electron chi connectivity index (χ1n) is 8.31. The van der Waals surface area contributed by atoms with Gasteiger partial charge in [0.05, 0.1) is 17.7 Å². The minimum Gasteiger partial charge on any atom is -0.370 e. The summed E-state index contributed by atoms with van der Waals surface area (Å²) in [6.07, 6.45) is 9.64. The van der Waals surface area contributed by atoms with Gasteiger partial charge in [0, 0.05) is 49.4 Å². The molecule has 4 rings (SSSR count). The van der Waals surface area contributed by atoms with E-state index >= 15 is 0 Å². The molecule has 2 N–H and O–H groups in total. The summed E-state index contributed by atoms with van der Waals surface area (Å²) in [5.74, 6) is 1.32. The van der Waals surface area contributed by atoms with Crippen molar-refractivity contribution in [3.63, 3.8) is 0 Å². The lowest BCUT2D eigenvalue weighted by molar-refractivity contribution is 0.964. The molecule has 7 nitrogen and oxygen atoms in total. The van der Waals surface area contributed by atoms with Crippen LogP contribution < -0.4 is 5.32 Å². The van der Waals surface area contributed by atoms with Gasteiger partial charge in [0.25, 0.3) is 0 Å². The maximum absolute atomic E-state index is 4.66. The maximum atomic E-state index is 4.66. The van der Waals surface area contributed by atoms with E-state index in [1.807, 2.05) is 42.6 Å². The molecule has 7 heteroatoms. The van der Waals surface area contributed by atoms with Crippen LogP contribution in [-0.4, -0.2) is 36.4 Å². The van der Waals surface area contributed by atoms with Crippen molar-refractivity contribution in [1.29, 1.82) is 0 Å². The first-order valence-corrected chi connectivity index (χ1v) is 8.31. The largest absolute Gasteiger partial charge is 0.370 e. The van der Waals surface area contributed by atoms with Gasteiger partial charge in [0.2, 0.25) is 0 Å². The average Bonchev–Trinajstić information content (AvgIpc) is 3.23. The number of aromatic amines is 1. The highest BCUT2D eigenvalue weighted by atomic mass is 15.0. The molecule has 0 saturated carbocycles. The Hall–Kier alpha value is -3.61. The zero-order valence-electron chi connectivity index (χ0n) is 14.0. The fourth-order valence-electron chi connectivity index (χ4n) is 2.56. The Labute approximate surface area is 150 Å². The predicted molar refractivity (Wildman–Crippen MR) is 99.3 cm³/mol. The van der Waals surface area contributed by atoms with E-state index in [2.05, 4.69) is 35.2 Å². The molecule has 4 aromatic rings. The highest BCUT2D eigenvalue weighted by Crippen LogP contribution is 2.22. The number of hydrogen-bond donors (Lipinski definition) is 2. The first kappa shape index (κ1) is 15.9. The van der Waals surface area contributed by atoms with Crippen LogP contribution >= 0.6 is 0 Å². The molecule has 0 aromatic carbocycles. The molecule has 0 unspecified atom stereocenters. The van der Waals surface area contributed by atoms with E-state index in [0.717, 1.165) is 41.4 Å². The smallest absolute Gasteiger partial charge is 0.180 e. The van der Waals surface area contributed by atoms with Gasteiger partial charge >= 0.3 is 0 Å². The number of rotatable bonds is 6. The SMILES string of the molecule is c1ccc(-c2nc(NCCc3c[nH]cn3)cc(-c3cccnc3)n2)nc1. The number of hydrogen-bond acceptors (Lipinski definition) is 6. The highest BCUT2D eigenvalue weighted by molar-refractivity contribution is 5.65. The van der Waals surface area contributed by atoms with Crippen molar-refractivity contribution in [2.75, 3.05) is 11.9 Å². The first-order chi connectivity index (χ1) is 12.9. The van der Waals surface area contributed by atoms with E-state index in [1.54, 1.807) is 24.9 Å². The standard InChI is InChI=1S/C19H17N7/c1-2-8-22-16(5-1)19-25-17(14-4-3-7-20-11-14)10-18(26-19)23-9-6-15-12-21-13-24-15/h1-5,7-8,10-13H,6,9H2,(H,21,24)(H,23,25,26). The molecule has 0 aliphatic carbocycles. The van der Waals surface area contributed by atoms with Crippen molar-refractivity contribution in [1.82, 2.24) is 29.9 Å². The number of nitrogens with one attached hydrogen (secondary N) is 2. The molecule has 4 heterocycles. The van der Waals surface area contributed by atoms with Gasteiger partial charge in [-0.05, 0) is 24.3 Å². The third-order valence-corrected chi connectivity index (χ3v) is 3.82. The monoisotopic (exact) mass is 343 g/mol. The minimum atomic E-state index is 0.578. The van der Waals surface area contributed by atoms with E-state index in [0.29, 0.717) is 5.82 Å². The zero-order valence-corrected chi connectivity index (χ0v) is 14.0. The topological polar surface area (TPSA) is 92.3 Å². The average molecular weight is 343 g/mol. The van der Waals surface area contributed by atoms with Gasteiger partial charge < -0.3 is 10.3 Å². The molecule has 0 spiro atoms. The van der Waals surface area contributed by atoms with Crippen molar-refractivity contribution >= 4 is 5.82 Å². The van der Waals surface area contributed by atoms with Gasteiger partial charge in [-0.1, -0.05) is 6.07 Å². The van der Waals surface area contributed by atoms with E-state index in [-0.39, 0.29) is 0 Å². The molecule has 0 saturated heterocycles. The summed E-state index contributed by atoms with van der Waals surface area (Å²) in [7, 11) is 0. The summed E-state index contributed by atoms with van der Waals surface area (Å²) in [6, 6.07) is 11.5.